The fourth-order valence-corrected chi connectivity index (χ4v) is 4.51. The molecule has 2 aromatic rings. The van der Waals surface area contributed by atoms with Crippen LogP contribution in [-0.2, 0) is 11.2 Å². The summed E-state index contributed by atoms with van der Waals surface area (Å²) in [5, 5.41) is 9.72. The van der Waals surface area contributed by atoms with E-state index in [-0.39, 0.29) is 11.2 Å². The molecule has 0 bridgehead atoms. The number of rotatable bonds is 8. The molecule has 0 aromatic heterocycles. The van der Waals surface area contributed by atoms with Crippen molar-refractivity contribution in [1.29, 1.82) is 0 Å². The maximum Gasteiger partial charge on any atom is 0.242 e. The maximum absolute atomic E-state index is 12.9. The van der Waals surface area contributed by atoms with Crippen LogP contribution in [0.2, 0.25) is 10.0 Å². The first-order valence-corrected chi connectivity index (χ1v) is 11.0. The van der Waals surface area contributed by atoms with E-state index in [0.717, 1.165) is 11.1 Å². The second-order valence-electron chi connectivity index (χ2n) is 6.53. The van der Waals surface area contributed by atoms with E-state index in [1.54, 1.807) is 61.7 Å². The van der Waals surface area contributed by atoms with E-state index in [0.29, 0.717) is 39.7 Å². The van der Waals surface area contributed by atoms with Gasteiger partial charge in [-0.1, -0.05) is 41.0 Å². The van der Waals surface area contributed by atoms with Gasteiger partial charge in [-0.2, -0.15) is 5.10 Å². The van der Waals surface area contributed by atoms with Gasteiger partial charge in [-0.3, -0.25) is 9.69 Å². The number of benzene rings is 2. The quantitative estimate of drug-likeness (QED) is 0.302. The number of amides is 1. The number of amidine groups is 1. The predicted molar refractivity (Wildman–Crippen MR) is 128 cm³/mol. The minimum Gasteiger partial charge on any atom is -0.493 e. The average Bonchev–Trinajstić information content (AvgIpc) is 3.05. The van der Waals surface area contributed by atoms with Crippen molar-refractivity contribution in [2.45, 2.75) is 11.7 Å². The van der Waals surface area contributed by atoms with E-state index in [2.05, 4.69) is 16.8 Å². The van der Waals surface area contributed by atoms with Gasteiger partial charge in [0.15, 0.2) is 16.7 Å². The first-order valence-electron chi connectivity index (χ1n) is 9.32. The molecule has 1 aliphatic heterocycles. The van der Waals surface area contributed by atoms with Gasteiger partial charge in [-0.05, 0) is 53.9 Å². The highest BCUT2D eigenvalue weighted by molar-refractivity contribution is 8.15. The molecular weight excluding hydrogens is 457 g/mol. The number of halogens is 2. The van der Waals surface area contributed by atoms with E-state index in [9.17, 15) is 4.79 Å². The molecule has 1 saturated heterocycles. The van der Waals surface area contributed by atoms with E-state index >= 15 is 0 Å². The maximum atomic E-state index is 12.9. The van der Waals surface area contributed by atoms with Crippen LogP contribution in [0.1, 0.15) is 11.1 Å². The Hall–Kier alpha value is -2.48. The van der Waals surface area contributed by atoms with Crippen molar-refractivity contribution in [2.75, 3.05) is 20.8 Å². The zero-order valence-electron chi connectivity index (χ0n) is 17.0. The third kappa shape index (κ3) is 5.61. The number of ether oxygens (including phenoxy) is 2. The molecule has 0 radical (unpaired) electrons. The Morgan fingerprint density at radius 1 is 1.16 bits per heavy atom. The molecule has 1 heterocycles. The lowest BCUT2D eigenvalue weighted by atomic mass is 10.1. The highest BCUT2D eigenvalue weighted by Crippen LogP contribution is 2.32. The fourth-order valence-electron chi connectivity index (χ4n) is 2.99. The van der Waals surface area contributed by atoms with Crippen molar-refractivity contribution >= 4 is 52.3 Å². The Balaban J connectivity index is 1.79. The summed E-state index contributed by atoms with van der Waals surface area (Å²) in [6.45, 7) is 4.07. The Kier molecular flexibility index (Phi) is 8.01. The monoisotopic (exact) mass is 477 g/mol. The molecule has 1 aliphatic rings. The fraction of sp³-hybridized carbons (Fsp3) is 0.227. The van der Waals surface area contributed by atoms with Gasteiger partial charge in [0.25, 0.3) is 0 Å². The molecule has 3 rings (SSSR count). The van der Waals surface area contributed by atoms with Gasteiger partial charge in [0, 0.05) is 16.6 Å². The lowest BCUT2D eigenvalue weighted by molar-refractivity contribution is -0.125. The number of hydrogen-bond acceptors (Lipinski definition) is 6. The van der Waals surface area contributed by atoms with Crippen molar-refractivity contribution in [2.24, 2.45) is 10.2 Å². The first kappa shape index (κ1) is 23.2. The molecular formula is C22H21Cl2N3O3S. The van der Waals surface area contributed by atoms with Crippen molar-refractivity contribution in [3.63, 3.8) is 0 Å². The zero-order valence-corrected chi connectivity index (χ0v) is 19.4. The summed E-state index contributed by atoms with van der Waals surface area (Å²) in [6, 6.07) is 10.6. The molecule has 162 valence electrons. The summed E-state index contributed by atoms with van der Waals surface area (Å²) in [5.74, 6) is 1.15. The van der Waals surface area contributed by atoms with Crippen molar-refractivity contribution in [3.05, 3.63) is 70.2 Å². The molecule has 0 N–H and O–H groups in total. The molecule has 6 nitrogen and oxygen atoms in total. The van der Waals surface area contributed by atoms with Crippen LogP contribution in [0.15, 0.2) is 59.3 Å². The standard InChI is InChI=1S/C22H21Cl2N3O3S/c1-4-9-27-21(28)20(12-15-11-16(23)6-7-17(15)24)31-22(27)26-25-13-14-5-8-18(29-2)19(10-14)30-3/h4-8,10-11,13,20H,1,9,12H2,2-3H3/b25-13-,26-22-/t20-/m0/s1. The van der Waals surface area contributed by atoms with Crippen molar-refractivity contribution in [3.8, 4) is 11.5 Å². The minimum atomic E-state index is -0.369. The Bertz CT molecular complexity index is 1040. The van der Waals surface area contributed by atoms with E-state index in [1.807, 2.05) is 6.07 Å². The molecule has 0 saturated carbocycles. The zero-order chi connectivity index (χ0) is 22.4. The van der Waals surface area contributed by atoms with Gasteiger partial charge in [0.2, 0.25) is 5.91 Å². The second-order valence-corrected chi connectivity index (χ2v) is 8.54. The lowest BCUT2D eigenvalue weighted by Gasteiger charge is -2.13. The van der Waals surface area contributed by atoms with E-state index < -0.39 is 0 Å². The average molecular weight is 478 g/mol. The molecule has 9 heteroatoms. The summed E-state index contributed by atoms with van der Waals surface area (Å²) in [7, 11) is 3.15. The Labute approximate surface area is 195 Å². The molecule has 1 amide bonds. The van der Waals surface area contributed by atoms with Gasteiger partial charge in [-0.25, -0.2) is 0 Å². The third-order valence-electron chi connectivity index (χ3n) is 4.50. The smallest absolute Gasteiger partial charge is 0.242 e. The van der Waals surface area contributed by atoms with Gasteiger partial charge in [-0.15, -0.1) is 11.7 Å². The first-order chi connectivity index (χ1) is 15.0. The molecule has 1 fully saturated rings. The second kappa shape index (κ2) is 10.7. The van der Waals surface area contributed by atoms with Crippen molar-refractivity contribution < 1.29 is 14.3 Å². The molecule has 1 atom stereocenters. The van der Waals surface area contributed by atoms with Crippen LogP contribution in [0.4, 0.5) is 0 Å². The lowest BCUT2D eigenvalue weighted by Crippen LogP contribution is -2.32. The molecule has 2 aromatic carbocycles. The molecule has 0 spiro atoms. The summed E-state index contributed by atoms with van der Waals surface area (Å²) in [6.07, 6.45) is 3.68. The topological polar surface area (TPSA) is 63.5 Å². The van der Waals surface area contributed by atoms with E-state index in [1.165, 1.54) is 11.8 Å². The number of methoxy groups -OCH3 is 2. The largest absolute Gasteiger partial charge is 0.493 e. The van der Waals surface area contributed by atoms with Crippen LogP contribution in [-0.4, -0.2) is 48.2 Å². The molecule has 0 aliphatic carbocycles. The summed E-state index contributed by atoms with van der Waals surface area (Å²) in [4.78, 5) is 14.5. The summed E-state index contributed by atoms with van der Waals surface area (Å²) < 4.78 is 10.5. The highest BCUT2D eigenvalue weighted by Gasteiger charge is 2.37. The van der Waals surface area contributed by atoms with Crippen LogP contribution in [0.25, 0.3) is 0 Å². The predicted octanol–water partition coefficient (Wildman–Crippen LogP) is 5.07. The Morgan fingerprint density at radius 2 is 1.94 bits per heavy atom. The molecule has 31 heavy (non-hydrogen) atoms. The Morgan fingerprint density at radius 3 is 2.65 bits per heavy atom. The number of carbonyl (C=O) groups is 1. The number of hydrogen-bond donors (Lipinski definition) is 0. The normalized spacial score (nSPS) is 17.5. The van der Waals surface area contributed by atoms with Crippen LogP contribution >= 0.6 is 35.0 Å². The van der Waals surface area contributed by atoms with Crippen LogP contribution in [0.5, 0.6) is 11.5 Å². The van der Waals surface area contributed by atoms with Gasteiger partial charge < -0.3 is 9.47 Å². The number of thioether (sulfide) groups is 1. The van der Waals surface area contributed by atoms with Gasteiger partial charge in [0.1, 0.15) is 0 Å². The van der Waals surface area contributed by atoms with E-state index in [4.69, 9.17) is 32.7 Å². The summed E-state index contributed by atoms with van der Waals surface area (Å²) in [5.41, 5.74) is 1.60. The number of nitrogens with zero attached hydrogens (tertiary/aromatic N) is 3. The van der Waals surface area contributed by atoms with Crippen LogP contribution < -0.4 is 9.47 Å². The number of carbonyl (C=O) groups excluding carboxylic acids is 1. The highest BCUT2D eigenvalue weighted by atomic mass is 35.5. The van der Waals surface area contributed by atoms with Gasteiger partial charge in [0.05, 0.1) is 25.7 Å². The van der Waals surface area contributed by atoms with Gasteiger partial charge >= 0.3 is 0 Å². The summed E-state index contributed by atoms with van der Waals surface area (Å²) >= 11 is 13.7. The minimum absolute atomic E-state index is 0.0685. The SMILES string of the molecule is C=CCN1C(=O)[C@H](Cc2cc(Cl)ccc2Cl)S/C1=N\N=C/c1ccc(OC)c(OC)c1. The molecule has 0 unspecified atom stereocenters. The van der Waals surface area contributed by atoms with Crippen LogP contribution in [0.3, 0.4) is 0 Å². The van der Waals surface area contributed by atoms with Crippen molar-refractivity contribution in [1.82, 2.24) is 4.90 Å². The third-order valence-corrected chi connectivity index (χ3v) is 6.27. The van der Waals surface area contributed by atoms with Crippen LogP contribution in [0, 0.1) is 0 Å².